The number of hydrogen-bond acceptors (Lipinski definition) is 4. The first-order valence-corrected chi connectivity index (χ1v) is 9.76. The highest BCUT2D eigenvalue weighted by molar-refractivity contribution is 6.30. The largest absolute Gasteiger partial charge is 0.480 e. The van der Waals surface area contributed by atoms with Crippen LogP contribution in [0.15, 0.2) is 78.9 Å². The van der Waals surface area contributed by atoms with Gasteiger partial charge in [-0.05, 0) is 54.1 Å². The van der Waals surface area contributed by atoms with Crippen LogP contribution in [0.2, 0.25) is 5.02 Å². The third-order valence-corrected chi connectivity index (χ3v) is 5.02. The first-order chi connectivity index (χ1) is 14.9. The Morgan fingerprint density at radius 2 is 1.48 bits per heavy atom. The van der Waals surface area contributed by atoms with Gasteiger partial charge in [0.25, 0.3) is 5.91 Å². The zero-order valence-corrected chi connectivity index (χ0v) is 16.9. The van der Waals surface area contributed by atoms with Crippen molar-refractivity contribution in [3.05, 3.63) is 89.4 Å². The number of carboxylic acid groups (broad SMARTS) is 1. The van der Waals surface area contributed by atoms with Crippen LogP contribution in [0, 0.1) is 0 Å². The molecule has 1 aliphatic heterocycles. The fourth-order valence-electron chi connectivity index (χ4n) is 3.37. The van der Waals surface area contributed by atoms with E-state index in [-0.39, 0.29) is 0 Å². The molecule has 1 unspecified atom stereocenters. The standard InChI is InChI=1S/C23H17ClN2O5/c24-16-6-10-18(11-7-16)31-19-12-8-17(9-13-19)26-21(15-4-2-1-3-5-15)22(29)25(23(26)30)14-20(27)28/h1-13,21H,14H2,(H,27,28). The third kappa shape index (κ3) is 4.22. The molecule has 3 aromatic rings. The van der Waals surface area contributed by atoms with E-state index in [0.29, 0.717) is 27.8 Å². The van der Waals surface area contributed by atoms with Gasteiger partial charge in [0.15, 0.2) is 0 Å². The number of aliphatic carboxylic acids is 1. The predicted molar refractivity (Wildman–Crippen MR) is 114 cm³/mol. The lowest BCUT2D eigenvalue weighted by atomic mass is 10.1. The highest BCUT2D eigenvalue weighted by atomic mass is 35.5. The molecule has 0 saturated carbocycles. The normalized spacial score (nSPS) is 16.0. The van der Waals surface area contributed by atoms with Gasteiger partial charge in [0.2, 0.25) is 0 Å². The van der Waals surface area contributed by atoms with Crippen LogP contribution in [-0.4, -0.2) is 34.5 Å². The van der Waals surface area contributed by atoms with E-state index >= 15 is 0 Å². The number of nitrogens with zero attached hydrogens (tertiary/aromatic N) is 2. The van der Waals surface area contributed by atoms with Crippen molar-refractivity contribution < 1.29 is 24.2 Å². The van der Waals surface area contributed by atoms with Gasteiger partial charge in [-0.25, -0.2) is 4.79 Å². The Labute approximate surface area is 183 Å². The number of anilines is 1. The Morgan fingerprint density at radius 3 is 2.06 bits per heavy atom. The molecule has 0 radical (unpaired) electrons. The van der Waals surface area contributed by atoms with E-state index < -0.39 is 30.5 Å². The van der Waals surface area contributed by atoms with E-state index in [2.05, 4.69) is 0 Å². The molecule has 8 heteroatoms. The predicted octanol–water partition coefficient (Wildman–Crippen LogP) is 4.73. The summed E-state index contributed by atoms with van der Waals surface area (Å²) in [4.78, 5) is 39.1. The van der Waals surface area contributed by atoms with Gasteiger partial charge >= 0.3 is 12.0 Å². The molecule has 156 valence electrons. The van der Waals surface area contributed by atoms with Crippen LogP contribution in [0.3, 0.4) is 0 Å². The molecule has 0 bridgehead atoms. The van der Waals surface area contributed by atoms with Gasteiger partial charge in [-0.1, -0.05) is 41.9 Å². The lowest BCUT2D eigenvalue weighted by Crippen LogP contribution is -2.36. The van der Waals surface area contributed by atoms with Crippen LogP contribution in [0.4, 0.5) is 10.5 Å². The molecule has 1 aliphatic rings. The minimum absolute atomic E-state index is 0.448. The number of benzene rings is 3. The molecule has 1 saturated heterocycles. The smallest absolute Gasteiger partial charge is 0.332 e. The minimum atomic E-state index is -1.26. The number of carboxylic acids is 1. The molecule has 0 aliphatic carbocycles. The van der Waals surface area contributed by atoms with Gasteiger partial charge < -0.3 is 9.84 Å². The number of amides is 3. The average molecular weight is 437 g/mol. The Bertz CT molecular complexity index is 1120. The number of hydrogen-bond donors (Lipinski definition) is 1. The summed E-state index contributed by atoms with van der Waals surface area (Å²) in [5, 5.41) is 9.72. The van der Waals surface area contributed by atoms with E-state index in [1.807, 2.05) is 0 Å². The third-order valence-electron chi connectivity index (χ3n) is 4.77. The van der Waals surface area contributed by atoms with Gasteiger partial charge in [-0.3, -0.25) is 19.4 Å². The van der Waals surface area contributed by atoms with Gasteiger partial charge in [0.1, 0.15) is 24.1 Å². The molecule has 7 nitrogen and oxygen atoms in total. The Kier molecular flexibility index (Phi) is 5.60. The van der Waals surface area contributed by atoms with Crippen LogP contribution < -0.4 is 9.64 Å². The number of imide groups is 1. The van der Waals surface area contributed by atoms with Gasteiger partial charge in [0.05, 0.1) is 0 Å². The van der Waals surface area contributed by atoms with Crippen LogP contribution in [0.5, 0.6) is 11.5 Å². The van der Waals surface area contributed by atoms with E-state index in [1.54, 1.807) is 78.9 Å². The maximum absolute atomic E-state index is 13.0. The fraction of sp³-hybridized carbons (Fsp3) is 0.0870. The molecule has 4 rings (SSSR count). The number of rotatable bonds is 6. The summed E-state index contributed by atoms with van der Waals surface area (Å²) in [6.07, 6.45) is 0. The molecule has 1 fully saturated rings. The summed E-state index contributed by atoms with van der Waals surface area (Å²) >= 11 is 5.88. The summed E-state index contributed by atoms with van der Waals surface area (Å²) in [5.41, 5.74) is 1.04. The van der Waals surface area contributed by atoms with Crippen LogP contribution >= 0.6 is 11.6 Å². The highest BCUT2D eigenvalue weighted by Crippen LogP contribution is 2.36. The zero-order chi connectivity index (χ0) is 22.0. The molecule has 31 heavy (non-hydrogen) atoms. The fourth-order valence-corrected chi connectivity index (χ4v) is 3.50. The number of halogens is 1. The minimum Gasteiger partial charge on any atom is -0.480 e. The molecule has 1 heterocycles. The first-order valence-electron chi connectivity index (χ1n) is 9.39. The number of urea groups is 1. The SMILES string of the molecule is O=C(O)CN1C(=O)C(c2ccccc2)N(c2ccc(Oc3ccc(Cl)cc3)cc2)C1=O. The molecule has 0 spiro atoms. The molecule has 3 amide bonds. The summed E-state index contributed by atoms with van der Waals surface area (Å²) in [6, 6.07) is 20.7. The second-order valence-corrected chi connectivity index (χ2v) is 7.27. The Morgan fingerprint density at radius 1 is 0.903 bits per heavy atom. The van der Waals surface area contributed by atoms with Crippen molar-refractivity contribution in [2.24, 2.45) is 0 Å². The molecular weight excluding hydrogens is 420 g/mol. The maximum atomic E-state index is 13.0. The average Bonchev–Trinajstić information content (AvgIpc) is 3.01. The van der Waals surface area contributed by atoms with Gasteiger partial charge in [0, 0.05) is 10.7 Å². The topological polar surface area (TPSA) is 87.2 Å². The summed E-state index contributed by atoms with van der Waals surface area (Å²) in [5.74, 6) is -0.718. The zero-order valence-electron chi connectivity index (χ0n) is 16.1. The van der Waals surface area contributed by atoms with Crippen molar-refractivity contribution in [1.29, 1.82) is 0 Å². The van der Waals surface area contributed by atoms with E-state index in [4.69, 9.17) is 21.4 Å². The lowest BCUT2D eigenvalue weighted by molar-refractivity contribution is -0.141. The lowest BCUT2D eigenvalue weighted by Gasteiger charge is -2.22. The van der Waals surface area contributed by atoms with E-state index in [1.165, 1.54) is 4.90 Å². The molecule has 3 aromatic carbocycles. The molecule has 1 N–H and O–H groups in total. The van der Waals surface area contributed by atoms with Crippen molar-refractivity contribution >= 4 is 35.2 Å². The van der Waals surface area contributed by atoms with Crippen LogP contribution in [0.1, 0.15) is 11.6 Å². The Hall–Kier alpha value is -3.84. The van der Waals surface area contributed by atoms with E-state index in [9.17, 15) is 14.4 Å². The van der Waals surface area contributed by atoms with Crippen LogP contribution in [0.25, 0.3) is 0 Å². The van der Waals surface area contributed by atoms with E-state index in [0.717, 1.165) is 4.90 Å². The number of ether oxygens (including phenoxy) is 1. The Balaban J connectivity index is 1.64. The second kappa shape index (κ2) is 8.49. The molecule has 0 aromatic heterocycles. The number of carbonyl (C=O) groups is 3. The highest BCUT2D eigenvalue weighted by Gasteiger charge is 2.47. The maximum Gasteiger partial charge on any atom is 0.332 e. The van der Waals surface area contributed by atoms with Crippen molar-refractivity contribution in [2.45, 2.75) is 6.04 Å². The van der Waals surface area contributed by atoms with Crippen molar-refractivity contribution in [1.82, 2.24) is 4.90 Å². The quantitative estimate of drug-likeness (QED) is 0.564. The van der Waals surface area contributed by atoms with Crippen molar-refractivity contribution in [3.8, 4) is 11.5 Å². The van der Waals surface area contributed by atoms with Crippen LogP contribution in [-0.2, 0) is 9.59 Å². The van der Waals surface area contributed by atoms with Gasteiger partial charge in [-0.2, -0.15) is 0 Å². The summed E-state index contributed by atoms with van der Waals surface area (Å²) in [6.45, 7) is -0.699. The molecular formula is C23H17ClN2O5. The first kappa shape index (κ1) is 20.4. The van der Waals surface area contributed by atoms with Crippen molar-refractivity contribution in [3.63, 3.8) is 0 Å². The van der Waals surface area contributed by atoms with Crippen molar-refractivity contribution in [2.75, 3.05) is 11.4 Å². The monoisotopic (exact) mass is 436 g/mol. The van der Waals surface area contributed by atoms with Gasteiger partial charge in [-0.15, -0.1) is 0 Å². The molecule has 1 atom stereocenters. The number of carbonyl (C=O) groups excluding carboxylic acids is 2. The second-order valence-electron chi connectivity index (χ2n) is 6.83. The summed E-state index contributed by atoms with van der Waals surface area (Å²) < 4.78 is 5.77. The summed E-state index contributed by atoms with van der Waals surface area (Å²) in [7, 11) is 0.